The van der Waals surface area contributed by atoms with Crippen molar-refractivity contribution in [3.05, 3.63) is 47.2 Å². The third kappa shape index (κ3) is 5.33. The molecule has 2 N–H and O–H groups in total. The van der Waals surface area contributed by atoms with E-state index >= 15 is 0 Å². The number of likely N-dealkylation sites (N-methyl/N-ethyl adjacent to an activating group) is 1. The van der Waals surface area contributed by atoms with Crippen LogP contribution in [0.5, 0.6) is 0 Å². The number of nitrogens with zero attached hydrogens (tertiary/aromatic N) is 1. The molecule has 0 fully saturated rings. The zero-order chi connectivity index (χ0) is 15.9. The van der Waals surface area contributed by atoms with Gasteiger partial charge in [0.2, 0.25) is 0 Å². The van der Waals surface area contributed by atoms with E-state index in [1.165, 1.54) is 0 Å². The number of halogens is 1. The highest BCUT2D eigenvalue weighted by Crippen LogP contribution is 2.23. The van der Waals surface area contributed by atoms with Crippen molar-refractivity contribution in [3.8, 4) is 11.3 Å². The number of hydrogen-bond acceptors (Lipinski definition) is 3. The second kappa shape index (κ2) is 8.17. The largest absolute Gasteiger partial charge is 0.459 e. The zero-order valence-electron chi connectivity index (χ0n) is 12.7. The van der Waals surface area contributed by atoms with Crippen molar-refractivity contribution in [2.75, 3.05) is 27.2 Å². The van der Waals surface area contributed by atoms with Crippen LogP contribution in [0.2, 0.25) is 5.02 Å². The van der Waals surface area contributed by atoms with Crippen LogP contribution in [0.15, 0.2) is 40.8 Å². The van der Waals surface area contributed by atoms with E-state index in [1.54, 1.807) is 0 Å². The van der Waals surface area contributed by atoms with Crippen molar-refractivity contribution >= 4 is 28.9 Å². The number of nitrogens with one attached hydrogen (secondary N) is 2. The smallest absolute Gasteiger partial charge is 0.166 e. The lowest BCUT2D eigenvalue weighted by Gasteiger charge is -2.12. The molecule has 0 bridgehead atoms. The van der Waals surface area contributed by atoms with E-state index in [1.807, 2.05) is 50.5 Å². The van der Waals surface area contributed by atoms with Gasteiger partial charge in [0.15, 0.2) is 5.11 Å². The second-order valence-corrected chi connectivity index (χ2v) is 6.03. The highest BCUT2D eigenvalue weighted by atomic mass is 35.5. The summed E-state index contributed by atoms with van der Waals surface area (Å²) in [5, 5.41) is 7.63. The molecule has 0 amide bonds. The van der Waals surface area contributed by atoms with Gasteiger partial charge in [-0.15, -0.1) is 0 Å². The van der Waals surface area contributed by atoms with E-state index in [9.17, 15) is 0 Å². The zero-order valence-corrected chi connectivity index (χ0v) is 14.3. The molecule has 0 saturated carbocycles. The van der Waals surface area contributed by atoms with Crippen LogP contribution >= 0.6 is 23.8 Å². The monoisotopic (exact) mass is 337 g/mol. The van der Waals surface area contributed by atoms with Crippen molar-refractivity contribution < 1.29 is 4.42 Å². The molecule has 0 radical (unpaired) electrons. The third-order valence-corrected chi connectivity index (χ3v) is 3.60. The summed E-state index contributed by atoms with van der Waals surface area (Å²) < 4.78 is 5.80. The Kier molecular flexibility index (Phi) is 6.24. The van der Waals surface area contributed by atoms with Crippen LogP contribution in [0.4, 0.5) is 0 Å². The third-order valence-electron chi connectivity index (χ3n) is 3.06. The van der Waals surface area contributed by atoms with E-state index < -0.39 is 0 Å². The SMILES string of the molecule is CN(C)CCNC(=S)NCc1ccc(-c2ccc(Cl)cc2)o1. The molecule has 2 aromatic rings. The van der Waals surface area contributed by atoms with Gasteiger partial charge in [0.05, 0.1) is 6.54 Å². The van der Waals surface area contributed by atoms with Crippen LogP contribution in [0.1, 0.15) is 5.76 Å². The van der Waals surface area contributed by atoms with E-state index in [0.717, 1.165) is 30.2 Å². The molecule has 0 aliphatic rings. The summed E-state index contributed by atoms with van der Waals surface area (Å²) in [5.74, 6) is 1.65. The molecule has 6 heteroatoms. The molecule has 0 spiro atoms. The van der Waals surface area contributed by atoms with Crippen molar-refractivity contribution in [2.45, 2.75) is 6.54 Å². The Morgan fingerprint density at radius 2 is 1.86 bits per heavy atom. The summed E-state index contributed by atoms with van der Waals surface area (Å²) in [7, 11) is 4.05. The standard InChI is InChI=1S/C16H20ClN3OS/c1-20(2)10-9-18-16(22)19-11-14-7-8-15(21-14)12-3-5-13(17)6-4-12/h3-8H,9-11H2,1-2H3,(H2,18,19,22). The fourth-order valence-electron chi connectivity index (χ4n) is 1.87. The Balaban J connectivity index is 1.82. The van der Waals surface area contributed by atoms with E-state index in [4.69, 9.17) is 28.2 Å². The lowest BCUT2D eigenvalue weighted by molar-refractivity contribution is 0.412. The Morgan fingerprint density at radius 3 is 2.55 bits per heavy atom. The fourth-order valence-corrected chi connectivity index (χ4v) is 2.17. The lowest BCUT2D eigenvalue weighted by Crippen LogP contribution is -2.38. The molecule has 4 nitrogen and oxygen atoms in total. The number of hydrogen-bond donors (Lipinski definition) is 2. The summed E-state index contributed by atoms with van der Waals surface area (Å²) >= 11 is 11.1. The van der Waals surface area contributed by atoms with Crippen molar-refractivity contribution in [2.24, 2.45) is 0 Å². The van der Waals surface area contributed by atoms with Gasteiger partial charge >= 0.3 is 0 Å². The minimum atomic E-state index is 0.557. The van der Waals surface area contributed by atoms with Crippen LogP contribution < -0.4 is 10.6 Å². The molecular formula is C16H20ClN3OS. The summed E-state index contributed by atoms with van der Waals surface area (Å²) in [4.78, 5) is 2.10. The van der Waals surface area contributed by atoms with E-state index in [0.29, 0.717) is 16.7 Å². The minimum absolute atomic E-state index is 0.557. The quantitative estimate of drug-likeness (QED) is 0.793. The van der Waals surface area contributed by atoms with Gasteiger partial charge in [-0.05, 0) is 62.7 Å². The predicted octanol–water partition coefficient (Wildman–Crippen LogP) is 3.13. The van der Waals surface area contributed by atoms with Crippen LogP contribution in [0.25, 0.3) is 11.3 Å². The average molecular weight is 338 g/mol. The molecule has 1 heterocycles. The first-order valence-electron chi connectivity index (χ1n) is 7.05. The molecule has 118 valence electrons. The minimum Gasteiger partial charge on any atom is -0.459 e. The van der Waals surface area contributed by atoms with E-state index in [2.05, 4.69) is 15.5 Å². The highest BCUT2D eigenvalue weighted by Gasteiger charge is 2.05. The fraction of sp³-hybridized carbons (Fsp3) is 0.312. The topological polar surface area (TPSA) is 40.4 Å². The maximum atomic E-state index is 5.89. The number of rotatable bonds is 6. The molecule has 0 aliphatic carbocycles. The van der Waals surface area contributed by atoms with Crippen LogP contribution in [-0.2, 0) is 6.54 Å². The number of benzene rings is 1. The summed E-state index contributed by atoms with van der Waals surface area (Å²) in [6.07, 6.45) is 0. The number of furan rings is 1. The molecule has 2 rings (SSSR count). The average Bonchev–Trinajstić information content (AvgIpc) is 2.94. The van der Waals surface area contributed by atoms with Gasteiger partial charge in [-0.1, -0.05) is 11.6 Å². The summed E-state index contributed by atoms with van der Waals surface area (Å²) in [6.45, 7) is 2.30. The lowest BCUT2D eigenvalue weighted by atomic mass is 10.2. The molecule has 0 saturated heterocycles. The second-order valence-electron chi connectivity index (χ2n) is 5.19. The van der Waals surface area contributed by atoms with Gasteiger partial charge < -0.3 is 20.0 Å². The molecule has 1 aromatic heterocycles. The van der Waals surface area contributed by atoms with Gasteiger partial charge in [0.1, 0.15) is 11.5 Å². The van der Waals surface area contributed by atoms with Crippen LogP contribution in [0.3, 0.4) is 0 Å². The first-order chi connectivity index (χ1) is 10.5. The van der Waals surface area contributed by atoms with Crippen molar-refractivity contribution in [1.82, 2.24) is 15.5 Å². The van der Waals surface area contributed by atoms with Gasteiger partial charge in [0.25, 0.3) is 0 Å². The van der Waals surface area contributed by atoms with Gasteiger partial charge in [0, 0.05) is 23.7 Å². The van der Waals surface area contributed by atoms with Crippen LogP contribution in [-0.4, -0.2) is 37.2 Å². The maximum absolute atomic E-state index is 5.89. The first-order valence-corrected chi connectivity index (χ1v) is 7.84. The normalized spacial score (nSPS) is 10.7. The Bertz CT molecular complexity index is 610. The van der Waals surface area contributed by atoms with Gasteiger partial charge in [-0.3, -0.25) is 0 Å². The molecule has 0 aliphatic heterocycles. The molecule has 22 heavy (non-hydrogen) atoms. The first kappa shape index (κ1) is 16.8. The molecule has 1 aromatic carbocycles. The summed E-state index contributed by atoms with van der Waals surface area (Å²) in [5.41, 5.74) is 1.00. The van der Waals surface area contributed by atoms with Gasteiger partial charge in [-0.25, -0.2) is 0 Å². The van der Waals surface area contributed by atoms with Crippen molar-refractivity contribution in [1.29, 1.82) is 0 Å². The van der Waals surface area contributed by atoms with Gasteiger partial charge in [-0.2, -0.15) is 0 Å². The summed E-state index contributed by atoms with van der Waals surface area (Å²) in [6, 6.07) is 11.5. The molecule has 0 atom stereocenters. The highest BCUT2D eigenvalue weighted by molar-refractivity contribution is 7.80. The maximum Gasteiger partial charge on any atom is 0.166 e. The van der Waals surface area contributed by atoms with Crippen molar-refractivity contribution in [3.63, 3.8) is 0 Å². The van der Waals surface area contributed by atoms with Crippen LogP contribution in [0, 0.1) is 0 Å². The molecule has 0 unspecified atom stereocenters. The Morgan fingerprint density at radius 1 is 1.14 bits per heavy atom. The predicted molar refractivity (Wildman–Crippen MR) is 95.1 cm³/mol. The Labute approximate surface area is 141 Å². The van der Waals surface area contributed by atoms with E-state index in [-0.39, 0.29) is 0 Å². The molecular weight excluding hydrogens is 318 g/mol. The Hall–Kier alpha value is -1.56. The number of thiocarbonyl (C=S) groups is 1.